The van der Waals surface area contributed by atoms with Gasteiger partial charge in [-0.05, 0) is 35.7 Å². The summed E-state index contributed by atoms with van der Waals surface area (Å²) in [4.78, 5) is 19.6. The van der Waals surface area contributed by atoms with Crippen LogP contribution in [-0.2, 0) is 9.53 Å². The fourth-order valence-electron chi connectivity index (χ4n) is 1.42. The number of nitrogens with zero attached hydrogens (tertiary/aromatic N) is 2. The van der Waals surface area contributed by atoms with Crippen molar-refractivity contribution in [2.45, 2.75) is 19.8 Å². The van der Waals surface area contributed by atoms with Crippen molar-refractivity contribution in [1.29, 1.82) is 0 Å². The molecule has 5 nitrogen and oxygen atoms in total. The third kappa shape index (κ3) is 2.94. The van der Waals surface area contributed by atoms with E-state index in [0.29, 0.717) is 6.61 Å². The van der Waals surface area contributed by atoms with Crippen LogP contribution in [0.1, 0.15) is 19.8 Å². The van der Waals surface area contributed by atoms with Gasteiger partial charge in [0, 0.05) is 12.4 Å². The van der Waals surface area contributed by atoms with Gasteiger partial charge in [-0.2, -0.15) is 0 Å². The molecule has 0 saturated heterocycles. The first-order chi connectivity index (χ1) is 8.16. The van der Waals surface area contributed by atoms with Crippen LogP contribution in [-0.4, -0.2) is 29.2 Å². The molecular weight excluding hydrogens is 288 g/mol. The third-order valence-electron chi connectivity index (χ3n) is 2.64. The summed E-state index contributed by atoms with van der Waals surface area (Å²) in [6.07, 6.45) is 4.82. The fraction of sp³-hybridized carbons (Fsp3) is 0.545. The second kappa shape index (κ2) is 5.00. The van der Waals surface area contributed by atoms with E-state index in [4.69, 9.17) is 9.47 Å². The summed E-state index contributed by atoms with van der Waals surface area (Å²) < 4.78 is 11.2. The number of hydrogen-bond donors (Lipinski definition) is 0. The summed E-state index contributed by atoms with van der Waals surface area (Å²) in [5.41, 5.74) is -0.466. The maximum Gasteiger partial charge on any atom is 0.316 e. The molecule has 2 rings (SSSR count). The molecule has 0 unspecified atom stereocenters. The minimum Gasteiger partial charge on any atom is -0.465 e. The Morgan fingerprint density at radius 3 is 2.65 bits per heavy atom. The van der Waals surface area contributed by atoms with Crippen LogP contribution in [0.15, 0.2) is 16.9 Å². The minimum absolute atomic E-state index is 0.183. The van der Waals surface area contributed by atoms with Crippen molar-refractivity contribution in [2.75, 3.05) is 13.2 Å². The van der Waals surface area contributed by atoms with E-state index in [0.717, 1.165) is 17.3 Å². The first-order valence-electron chi connectivity index (χ1n) is 5.44. The highest BCUT2D eigenvalue weighted by atomic mass is 79.9. The average Bonchev–Trinajstić information content (AvgIpc) is 3.10. The van der Waals surface area contributed by atoms with E-state index in [-0.39, 0.29) is 18.6 Å². The Bertz CT molecular complexity index is 404. The van der Waals surface area contributed by atoms with Crippen molar-refractivity contribution in [3.8, 4) is 6.01 Å². The lowest BCUT2D eigenvalue weighted by molar-refractivity contribution is -0.150. The number of carbonyl (C=O) groups excluding carboxylic acids is 1. The van der Waals surface area contributed by atoms with Crippen LogP contribution in [0.5, 0.6) is 6.01 Å². The molecule has 0 atom stereocenters. The number of ether oxygens (including phenoxy) is 2. The van der Waals surface area contributed by atoms with E-state index >= 15 is 0 Å². The lowest BCUT2D eigenvalue weighted by atomic mass is 10.1. The van der Waals surface area contributed by atoms with E-state index in [1.807, 2.05) is 0 Å². The Morgan fingerprint density at radius 2 is 2.12 bits per heavy atom. The summed E-state index contributed by atoms with van der Waals surface area (Å²) in [5.74, 6) is -0.183. The van der Waals surface area contributed by atoms with Gasteiger partial charge in [0.15, 0.2) is 0 Å². The molecule has 1 saturated carbocycles. The maximum atomic E-state index is 11.7. The first-order valence-corrected chi connectivity index (χ1v) is 6.23. The fourth-order valence-corrected chi connectivity index (χ4v) is 1.62. The van der Waals surface area contributed by atoms with Crippen LogP contribution in [0, 0.1) is 5.41 Å². The second-order valence-electron chi connectivity index (χ2n) is 3.97. The molecule has 1 aliphatic carbocycles. The Morgan fingerprint density at radius 1 is 1.47 bits per heavy atom. The van der Waals surface area contributed by atoms with Gasteiger partial charge in [0.2, 0.25) is 0 Å². The number of halogens is 1. The molecule has 1 aliphatic rings. The van der Waals surface area contributed by atoms with Crippen molar-refractivity contribution in [2.24, 2.45) is 5.41 Å². The van der Waals surface area contributed by atoms with Crippen LogP contribution in [0.2, 0.25) is 0 Å². The van der Waals surface area contributed by atoms with E-state index in [9.17, 15) is 4.79 Å². The van der Waals surface area contributed by atoms with Crippen molar-refractivity contribution >= 4 is 21.9 Å². The molecule has 92 valence electrons. The summed E-state index contributed by atoms with van der Waals surface area (Å²) in [7, 11) is 0. The molecule has 0 spiro atoms. The van der Waals surface area contributed by atoms with Gasteiger partial charge in [-0.25, -0.2) is 9.97 Å². The lowest BCUT2D eigenvalue weighted by Gasteiger charge is -2.13. The topological polar surface area (TPSA) is 61.3 Å². The molecule has 0 aliphatic heterocycles. The molecule has 0 N–H and O–H groups in total. The van der Waals surface area contributed by atoms with E-state index in [1.54, 1.807) is 19.3 Å². The molecule has 1 aromatic rings. The van der Waals surface area contributed by atoms with Gasteiger partial charge in [-0.3, -0.25) is 4.79 Å². The number of carbonyl (C=O) groups is 1. The highest BCUT2D eigenvalue weighted by molar-refractivity contribution is 9.10. The normalized spacial score (nSPS) is 16.4. The molecule has 6 heteroatoms. The molecular formula is C11H13BrN2O3. The predicted octanol–water partition coefficient (Wildman–Crippen LogP) is 1.96. The van der Waals surface area contributed by atoms with Crippen molar-refractivity contribution < 1.29 is 14.3 Å². The third-order valence-corrected chi connectivity index (χ3v) is 3.05. The predicted molar refractivity (Wildman–Crippen MR) is 63.5 cm³/mol. The molecule has 1 fully saturated rings. The monoisotopic (exact) mass is 300 g/mol. The molecule has 0 radical (unpaired) electrons. The van der Waals surface area contributed by atoms with Crippen molar-refractivity contribution in [3.63, 3.8) is 0 Å². The second-order valence-corrected chi connectivity index (χ2v) is 4.89. The summed E-state index contributed by atoms with van der Waals surface area (Å²) in [5, 5.41) is 0. The number of esters is 1. The quantitative estimate of drug-likeness (QED) is 0.778. The number of hydrogen-bond acceptors (Lipinski definition) is 5. The zero-order valence-corrected chi connectivity index (χ0v) is 11.1. The molecule has 1 heterocycles. The van der Waals surface area contributed by atoms with Gasteiger partial charge in [-0.15, -0.1) is 0 Å². The number of rotatable bonds is 5. The molecule has 1 aromatic heterocycles. The highest BCUT2D eigenvalue weighted by Gasteiger charge is 2.52. The standard InChI is InChI=1S/C11H13BrN2O3/c1-2-16-9(15)11(3-4-11)7-17-10-13-5-8(12)6-14-10/h5-6H,2-4,7H2,1H3. The zero-order valence-electron chi connectivity index (χ0n) is 9.48. The van der Waals surface area contributed by atoms with Gasteiger partial charge in [-0.1, -0.05) is 0 Å². The molecule has 0 bridgehead atoms. The lowest BCUT2D eigenvalue weighted by Crippen LogP contribution is -2.26. The van der Waals surface area contributed by atoms with E-state index in [2.05, 4.69) is 25.9 Å². The average molecular weight is 301 g/mol. The Labute approximate surface area is 108 Å². The Kier molecular flexibility index (Phi) is 3.61. The van der Waals surface area contributed by atoms with Crippen molar-refractivity contribution in [1.82, 2.24) is 9.97 Å². The summed E-state index contributed by atoms with van der Waals surface area (Å²) in [6.45, 7) is 2.48. The minimum atomic E-state index is -0.466. The highest BCUT2D eigenvalue weighted by Crippen LogP contribution is 2.46. The maximum absolute atomic E-state index is 11.7. The van der Waals surface area contributed by atoms with Crippen LogP contribution < -0.4 is 4.74 Å². The van der Waals surface area contributed by atoms with Gasteiger partial charge >= 0.3 is 12.0 Å². The van der Waals surface area contributed by atoms with Gasteiger partial charge in [0.1, 0.15) is 12.0 Å². The van der Waals surface area contributed by atoms with Crippen LogP contribution in [0.4, 0.5) is 0 Å². The Hall–Kier alpha value is -1.17. The molecule has 17 heavy (non-hydrogen) atoms. The largest absolute Gasteiger partial charge is 0.465 e. The van der Waals surface area contributed by atoms with E-state index in [1.165, 1.54) is 0 Å². The van der Waals surface area contributed by atoms with Crippen molar-refractivity contribution in [3.05, 3.63) is 16.9 Å². The van der Waals surface area contributed by atoms with Crippen LogP contribution in [0.25, 0.3) is 0 Å². The smallest absolute Gasteiger partial charge is 0.316 e. The SMILES string of the molecule is CCOC(=O)C1(COc2ncc(Br)cn2)CC1. The Balaban J connectivity index is 1.90. The van der Waals surface area contributed by atoms with Gasteiger partial charge in [0.25, 0.3) is 0 Å². The molecule has 0 amide bonds. The van der Waals surface area contributed by atoms with E-state index < -0.39 is 5.41 Å². The van der Waals surface area contributed by atoms with Gasteiger partial charge < -0.3 is 9.47 Å². The summed E-state index contributed by atoms with van der Waals surface area (Å²) >= 11 is 3.24. The zero-order chi connectivity index (χ0) is 12.3. The van der Waals surface area contributed by atoms with Crippen LogP contribution in [0.3, 0.4) is 0 Å². The number of aromatic nitrogens is 2. The molecule has 0 aromatic carbocycles. The van der Waals surface area contributed by atoms with Crippen LogP contribution >= 0.6 is 15.9 Å². The first kappa shape index (κ1) is 12.3. The summed E-state index contributed by atoms with van der Waals surface area (Å²) in [6, 6.07) is 0.281. The van der Waals surface area contributed by atoms with Gasteiger partial charge in [0.05, 0.1) is 11.1 Å².